The molecule has 6 nitrogen and oxygen atoms in total. The van der Waals surface area contributed by atoms with Gasteiger partial charge in [-0.1, -0.05) is 50.2 Å². The average Bonchev–Trinajstić information content (AvgIpc) is 2.74. The highest BCUT2D eigenvalue weighted by atomic mass is 32.2. The average molecular weight is 464 g/mol. The third-order valence-corrected chi connectivity index (χ3v) is 6.01. The highest BCUT2D eigenvalue weighted by molar-refractivity contribution is 7.90. The maximum Gasteiger partial charge on any atom is 0.257 e. The number of alkyl halides is 2. The number of halogens is 2. The lowest BCUT2D eigenvalue weighted by Crippen LogP contribution is -2.47. The van der Waals surface area contributed by atoms with E-state index in [4.69, 9.17) is 5.26 Å². The molecule has 2 aromatic carbocycles. The van der Waals surface area contributed by atoms with E-state index in [-0.39, 0.29) is 17.4 Å². The van der Waals surface area contributed by atoms with E-state index in [1.165, 1.54) is 12.1 Å². The van der Waals surface area contributed by atoms with Gasteiger partial charge in [0.2, 0.25) is 5.91 Å². The second kappa shape index (κ2) is 11.2. The van der Waals surface area contributed by atoms with E-state index in [0.29, 0.717) is 12.0 Å². The van der Waals surface area contributed by atoms with E-state index in [1.807, 2.05) is 13.8 Å². The van der Waals surface area contributed by atoms with Crippen molar-refractivity contribution < 1.29 is 22.0 Å². The molecule has 0 aromatic heterocycles. The number of amides is 1. The number of nitrogens with one attached hydrogen (secondary N) is 2. The fourth-order valence-electron chi connectivity index (χ4n) is 3.28. The van der Waals surface area contributed by atoms with E-state index in [0.717, 1.165) is 17.4 Å². The van der Waals surface area contributed by atoms with Gasteiger partial charge < -0.3 is 5.32 Å². The topological polar surface area (TPSA) is 99.1 Å². The summed E-state index contributed by atoms with van der Waals surface area (Å²) in [4.78, 5) is 12.6. The Hall–Kier alpha value is -2.83. The fraction of sp³-hybridized carbons (Fsp3) is 0.391. The van der Waals surface area contributed by atoms with Crippen molar-refractivity contribution in [2.24, 2.45) is 5.92 Å². The van der Waals surface area contributed by atoms with Crippen LogP contribution in [-0.2, 0) is 14.6 Å². The first-order valence-electron chi connectivity index (χ1n) is 10.1. The molecule has 2 rings (SSSR count). The van der Waals surface area contributed by atoms with Gasteiger partial charge in [0.05, 0.1) is 23.0 Å². The van der Waals surface area contributed by atoms with Crippen LogP contribution in [0.25, 0.3) is 11.1 Å². The Balaban J connectivity index is 2.24. The first kappa shape index (κ1) is 25.4. The quantitative estimate of drug-likeness (QED) is 0.524. The van der Waals surface area contributed by atoms with E-state index in [2.05, 4.69) is 10.6 Å². The molecule has 0 fully saturated rings. The minimum absolute atomic E-state index is 0.0796. The lowest BCUT2D eigenvalue weighted by molar-refractivity contribution is -0.123. The summed E-state index contributed by atoms with van der Waals surface area (Å²) < 4.78 is 51.0. The third kappa shape index (κ3) is 7.11. The van der Waals surface area contributed by atoms with Gasteiger partial charge in [-0.15, -0.1) is 0 Å². The predicted octanol–water partition coefficient (Wildman–Crippen LogP) is 3.71. The van der Waals surface area contributed by atoms with Gasteiger partial charge in [0, 0.05) is 6.26 Å². The molecule has 2 aromatic rings. The number of hydrogen-bond donors (Lipinski definition) is 2. The molecule has 2 atom stereocenters. The van der Waals surface area contributed by atoms with Crippen molar-refractivity contribution in [3.63, 3.8) is 0 Å². The first-order valence-corrected chi connectivity index (χ1v) is 12.0. The van der Waals surface area contributed by atoms with Crippen molar-refractivity contribution in [1.29, 1.82) is 5.26 Å². The van der Waals surface area contributed by atoms with Gasteiger partial charge in [-0.3, -0.25) is 10.1 Å². The number of benzene rings is 2. The number of nitrogens with zero attached hydrogens (tertiary/aromatic N) is 1. The summed E-state index contributed by atoms with van der Waals surface area (Å²) in [5.74, 6) is -0.413. The summed E-state index contributed by atoms with van der Waals surface area (Å²) in [6.07, 6.45) is -1.29. The van der Waals surface area contributed by atoms with Crippen molar-refractivity contribution in [3.05, 3.63) is 54.1 Å². The van der Waals surface area contributed by atoms with Gasteiger partial charge in [-0.2, -0.15) is 5.26 Å². The number of rotatable bonds is 10. The van der Waals surface area contributed by atoms with Gasteiger partial charge in [-0.25, -0.2) is 17.2 Å². The Kier molecular flexibility index (Phi) is 8.87. The molecule has 2 N–H and O–H groups in total. The minimum Gasteiger partial charge on any atom is -0.342 e. The molecule has 0 bridgehead atoms. The van der Waals surface area contributed by atoms with Crippen molar-refractivity contribution >= 4 is 15.7 Å². The van der Waals surface area contributed by atoms with Crippen LogP contribution >= 0.6 is 0 Å². The first-order chi connectivity index (χ1) is 15.0. The van der Waals surface area contributed by atoms with E-state index in [1.54, 1.807) is 42.5 Å². The zero-order chi connectivity index (χ0) is 23.9. The van der Waals surface area contributed by atoms with Gasteiger partial charge in [0.1, 0.15) is 6.54 Å². The number of carbonyl (C=O) groups excluding carboxylic acids is 1. The molecule has 0 aliphatic carbocycles. The zero-order valence-electron chi connectivity index (χ0n) is 18.2. The van der Waals surface area contributed by atoms with E-state index >= 15 is 0 Å². The second-order valence-corrected chi connectivity index (χ2v) is 9.97. The molecule has 0 saturated carbocycles. The molecule has 0 unspecified atom stereocenters. The standard InChI is InChI=1S/C23H27F2N3O3S/c1-15(2)14-20(23(29)27-13-12-26)28-21(22(24)25)18-6-4-16(5-7-18)17-8-10-19(11-9-17)32(3,30)31/h4-11,15,20-22,28H,13-14H2,1-3H3,(H,27,29)/t20-,21-/m0/s1. The molecule has 172 valence electrons. The number of sulfone groups is 1. The Labute approximate surface area is 187 Å². The molecular formula is C23H27F2N3O3S. The number of carbonyl (C=O) groups is 1. The Bertz CT molecular complexity index is 1050. The van der Waals surface area contributed by atoms with Crippen molar-refractivity contribution in [2.75, 3.05) is 12.8 Å². The van der Waals surface area contributed by atoms with Gasteiger partial charge in [0.25, 0.3) is 6.43 Å². The van der Waals surface area contributed by atoms with Gasteiger partial charge >= 0.3 is 0 Å². The van der Waals surface area contributed by atoms with Crippen LogP contribution < -0.4 is 10.6 Å². The van der Waals surface area contributed by atoms with Crippen LogP contribution in [0.3, 0.4) is 0 Å². The molecule has 0 radical (unpaired) electrons. The van der Waals surface area contributed by atoms with E-state index < -0.39 is 34.3 Å². The lowest BCUT2D eigenvalue weighted by Gasteiger charge is -2.26. The summed E-state index contributed by atoms with van der Waals surface area (Å²) in [6.45, 7) is 3.57. The van der Waals surface area contributed by atoms with Crippen LogP contribution in [0.1, 0.15) is 31.9 Å². The number of nitriles is 1. The van der Waals surface area contributed by atoms with Crippen molar-refractivity contribution in [1.82, 2.24) is 10.6 Å². The molecule has 9 heteroatoms. The minimum atomic E-state index is -3.30. The lowest BCUT2D eigenvalue weighted by atomic mass is 9.98. The fourth-order valence-corrected chi connectivity index (χ4v) is 3.91. The normalized spacial score (nSPS) is 13.6. The highest BCUT2D eigenvalue weighted by Gasteiger charge is 2.29. The smallest absolute Gasteiger partial charge is 0.257 e. The summed E-state index contributed by atoms with van der Waals surface area (Å²) in [5, 5.41) is 13.9. The van der Waals surface area contributed by atoms with Crippen LogP contribution in [0.5, 0.6) is 0 Å². The Morgan fingerprint density at radius 2 is 1.56 bits per heavy atom. The van der Waals surface area contributed by atoms with Crippen LogP contribution in [0.4, 0.5) is 8.78 Å². The monoisotopic (exact) mass is 463 g/mol. The van der Waals surface area contributed by atoms with Crippen LogP contribution in [0.15, 0.2) is 53.4 Å². The van der Waals surface area contributed by atoms with Crippen molar-refractivity contribution in [3.8, 4) is 17.2 Å². The summed E-state index contributed by atoms with van der Waals surface area (Å²) >= 11 is 0. The molecule has 0 spiro atoms. The summed E-state index contributed by atoms with van der Waals surface area (Å²) in [5.41, 5.74) is 1.81. The largest absolute Gasteiger partial charge is 0.342 e. The molecule has 1 amide bonds. The molecule has 0 aliphatic heterocycles. The summed E-state index contributed by atoms with van der Waals surface area (Å²) in [7, 11) is -3.30. The predicted molar refractivity (Wildman–Crippen MR) is 119 cm³/mol. The van der Waals surface area contributed by atoms with Gasteiger partial charge in [-0.05, 0) is 41.2 Å². The third-order valence-electron chi connectivity index (χ3n) is 4.88. The Morgan fingerprint density at radius 3 is 2.00 bits per heavy atom. The molecule has 32 heavy (non-hydrogen) atoms. The number of hydrogen-bond acceptors (Lipinski definition) is 5. The Morgan fingerprint density at radius 1 is 1.03 bits per heavy atom. The highest BCUT2D eigenvalue weighted by Crippen LogP contribution is 2.27. The van der Waals surface area contributed by atoms with Crippen LogP contribution in [-0.4, -0.2) is 39.6 Å². The van der Waals surface area contributed by atoms with Crippen LogP contribution in [0, 0.1) is 17.2 Å². The second-order valence-electron chi connectivity index (χ2n) is 7.96. The zero-order valence-corrected chi connectivity index (χ0v) is 19.0. The molecule has 0 heterocycles. The summed E-state index contributed by atoms with van der Waals surface area (Å²) in [6, 6.07) is 12.4. The molecular weight excluding hydrogens is 436 g/mol. The van der Waals surface area contributed by atoms with Crippen molar-refractivity contribution in [2.45, 2.75) is 43.7 Å². The molecule has 0 aliphatic rings. The van der Waals surface area contributed by atoms with E-state index in [9.17, 15) is 22.0 Å². The maximum absolute atomic E-state index is 13.9. The SMILES string of the molecule is CC(C)C[C@H](N[C@@H](c1ccc(-c2ccc(S(C)(=O)=O)cc2)cc1)C(F)F)C(=O)NCC#N. The van der Waals surface area contributed by atoms with Crippen LogP contribution in [0.2, 0.25) is 0 Å². The maximum atomic E-state index is 13.9. The van der Waals surface area contributed by atoms with Gasteiger partial charge in [0.15, 0.2) is 9.84 Å². The molecule has 0 saturated heterocycles.